The topological polar surface area (TPSA) is 38.3 Å². The second-order valence-electron chi connectivity index (χ2n) is 5.46. The van der Waals surface area contributed by atoms with Crippen molar-refractivity contribution in [1.29, 1.82) is 0 Å². The number of hydrogen-bond acceptors (Lipinski definition) is 3. The minimum absolute atomic E-state index is 0.344. The van der Waals surface area contributed by atoms with Crippen LogP contribution in [0, 0.1) is 0 Å². The fourth-order valence-electron chi connectivity index (χ4n) is 2.28. The first-order chi connectivity index (χ1) is 12.9. The van der Waals surface area contributed by atoms with E-state index in [-0.39, 0.29) is 11.7 Å². The number of alkyl halides is 3. The highest BCUT2D eigenvalue weighted by Gasteiger charge is 2.30. The maximum Gasteiger partial charge on any atom is 0.573 e. The third kappa shape index (κ3) is 5.72. The molecule has 7 heteroatoms. The summed E-state index contributed by atoms with van der Waals surface area (Å²) in [5.74, 6) is -0.725. The Morgan fingerprint density at radius 1 is 0.963 bits per heavy atom. The molecule has 0 saturated heterocycles. The molecule has 2 aromatic carbocycles. The Bertz CT molecular complexity index is 932. The molecule has 1 heterocycles. The second-order valence-corrected chi connectivity index (χ2v) is 6.58. The maximum atomic E-state index is 12.1. The number of halogens is 3. The van der Waals surface area contributed by atoms with Gasteiger partial charge in [-0.3, -0.25) is 4.79 Å². The van der Waals surface area contributed by atoms with Crippen molar-refractivity contribution in [2.75, 3.05) is 5.32 Å². The van der Waals surface area contributed by atoms with Gasteiger partial charge in [0.05, 0.1) is 0 Å². The quantitative estimate of drug-likeness (QED) is 0.546. The van der Waals surface area contributed by atoms with Gasteiger partial charge in [-0.05, 0) is 48.0 Å². The first kappa shape index (κ1) is 18.7. The number of carbonyl (C=O) groups is 1. The SMILES string of the molecule is O=C(/C=C/c1ccc(-c2ccccc2)s1)Nc1ccc(OC(F)(F)F)cc1. The summed E-state index contributed by atoms with van der Waals surface area (Å²) in [5.41, 5.74) is 1.48. The standard InChI is InChI=1S/C20H14F3NO2S/c21-20(22,23)26-16-8-6-15(7-9-16)24-19(25)13-11-17-10-12-18(27-17)14-4-2-1-3-5-14/h1-13H,(H,24,25)/b13-11+. The van der Waals surface area contributed by atoms with Crippen molar-refractivity contribution in [2.45, 2.75) is 6.36 Å². The van der Waals surface area contributed by atoms with Crippen molar-refractivity contribution in [3.8, 4) is 16.2 Å². The van der Waals surface area contributed by atoms with Crippen LogP contribution in [0.2, 0.25) is 0 Å². The van der Waals surface area contributed by atoms with Crippen molar-refractivity contribution in [2.24, 2.45) is 0 Å². The van der Waals surface area contributed by atoms with Gasteiger partial charge >= 0.3 is 6.36 Å². The van der Waals surface area contributed by atoms with Gasteiger partial charge in [0.1, 0.15) is 5.75 Å². The Morgan fingerprint density at radius 3 is 2.33 bits per heavy atom. The van der Waals surface area contributed by atoms with Crippen LogP contribution >= 0.6 is 11.3 Å². The van der Waals surface area contributed by atoms with Gasteiger partial charge in [0.15, 0.2) is 0 Å². The summed E-state index contributed by atoms with van der Waals surface area (Å²) in [6, 6.07) is 18.7. The van der Waals surface area contributed by atoms with Crippen LogP contribution in [0.15, 0.2) is 72.8 Å². The van der Waals surface area contributed by atoms with Crippen LogP contribution in [0.5, 0.6) is 5.75 Å². The van der Waals surface area contributed by atoms with Crippen molar-refractivity contribution >= 4 is 29.0 Å². The summed E-state index contributed by atoms with van der Waals surface area (Å²) < 4.78 is 40.2. The van der Waals surface area contributed by atoms with Crippen molar-refractivity contribution in [1.82, 2.24) is 0 Å². The zero-order valence-electron chi connectivity index (χ0n) is 13.9. The Hall–Kier alpha value is -3.06. The van der Waals surface area contributed by atoms with Crippen molar-refractivity contribution < 1.29 is 22.7 Å². The van der Waals surface area contributed by atoms with Crippen LogP contribution in [0.4, 0.5) is 18.9 Å². The third-order valence-electron chi connectivity index (χ3n) is 3.44. The van der Waals surface area contributed by atoms with E-state index < -0.39 is 6.36 Å². The molecule has 27 heavy (non-hydrogen) atoms. The summed E-state index contributed by atoms with van der Waals surface area (Å²) in [5, 5.41) is 2.58. The van der Waals surface area contributed by atoms with Gasteiger partial charge in [0.25, 0.3) is 0 Å². The number of thiophene rings is 1. The summed E-state index contributed by atoms with van der Waals surface area (Å²) >= 11 is 1.55. The van der Waals surface area contributed by atoms with Gasteiger partial charge in [-0.15, -0.1) is 24.5 Å². The van der Waals surface area contributed by atoms with E-state index in [1.165, 1.54) is 18.2 Å². The molecule has 1 N–H and O–H groups in total. The molecule has 3 aromatic rings. The second kappa shape index (κ2) is 8.09. The van der Waals surface area contributed by atoms with E-state index in [9.17, 15) is 18.0 Å². The lowest BCUT2D eigenvalue weighted by molar-refractivity contribution is -0.274. The number of ether oxygens (including phenoxy) is 1. The molecule has 1 aromatic heterocycles. The van der Waals surface area contributed by atoms with Gasteiger partial charge in [0.2, 0.25) is 5.91 Å². The Labute approximate surface area is 157 Å². The zero-order valence-corrected chi connectivity index (χ0v) is 14.7. The van der Waals surface area contributed by atoms with Crippen LogP contribution in [-0.2, 0) is 4.79 Å². The van der Waals surface area contributed by atoms with Gasteiger partial charge in [0, 0.05) is 21.5 Å². The molecule has 0 unspecified atom stereocenters. The van der Waals surface area contributed by atoms with Crippen molar-refractivity contribution in [3.63, 3.8) is 0 Å². The highest BCUT2D eigenvalue weighted by atomic mass is 32.1. The van der Waals surface area contributed by atoms with Crippen LogP contribution in [0.25, 0.3) is 16.5 Å². The third-order valence-corrected chi connectivity index (χ3v) is 4.54. The number of nitrogens with one attached hydrogen (secondary N) is 1. The molecular formula is C20H14F3NO2S. The average Bonchev–Trinajstić information content (AvgIpc) is 3.10. The fourth-order valence-corrected chi connectivity index (χ4v) is 3.20. The average molecular weight is 389 g/mol. The van der Waals surface area contributed by atoms with E-state index in [4.69, 9.17) is 0 Å². The lowest BCUT2D eigenvalue weighted by Gasteiger charge is -2.09. The molecule has 0 fully saturated rings. The molecule has 3 rings (SSSR count). The monoisotopic (exact) mass is 389 g/mol. The molecule has 0 aliphatic carbocycles. The van der Waals surface area contributed by atoms with Gasteiger partial charge in [-0.1, -0.05) is 30.3 Å². The summed E-state index contributed by atoms with van der Waals surface area (Å²) in [7, 11) is 0. The molecule has 0 saturated carbocycles. The number of hydrogen-bond donors (Lipinski definition) is 1. The Balaban J connectivity index is 1.58. The smallest absolute Gasteiger partial charge is 0.406 e. The molecule has 0 radical (unpaired) electrons. The van der Waals surface area contributed by atoms with E-state index in [0.29, 0.717) is 5.69 Å². The predicted octanol–water partition coefficient (Wildman–Crippen LogP) is 5.97. The minimum Gasteiger partial charge on any atom is -0.406 e. The minimum atomic E-state index is -4.74. The zero-order chi connectivity index (χ0) is 19.3. The summed E-state index contributed by atoms with van der Waals surface area (Å²) in [6.07, 6.45) is -1.68. The maximum absolute atomic E-state index is 12.1. The van der Waals surface area contributed by atoms with Crippen LogP contribution in [0.1, 0.15) is 4.88 Å². The van der Waals surface area contributed by atoms with Crippen LogP contribution < -0.4 is 10.1 Å². The number of carbonyl (C=O) groups excluding carboxylic acids is 1. The van der Waals surface area contributed by atoms with Crippen LogP contribution in [0.3, 0.4) is 0 Å². The molecule has 0 aliphatic rings. The van der Waals surface area contributed by atoms with E-state index in [1.54, 1.807) is 17.4 Å². The van der Waals surface area contributed by atoms with E-state index in [2.05, 4.69) is 10.1 Å². The van der Waals surface area contributed by atoms with E-state index >= 15 is 0 Å². The highest BCUT2D eigenvalue weighted by molar-refractivity contribution is 7.16. The molecule has 1 amide bonds. The lowest BCUT2D eigenvalue weighted by atomic mass is 10.2. The molecule has 0 spiro atoms. The number of anilines is 1. The summed E-state index contributed by atoms with van der Waals surface area (Å²) in [4.78, 5) is 14.0. The van der Waals surface area contributed by atoms with Crippen molar-refractivity contribution in [3.05, 3.63) is 77.7 Å². The fraction of sp³-hybridized carbons (Fsp3) is 0.0500. The molecule has 0 atom stereocenters. The molecular weight excluding hydrogens is 375 g/mol. The first-order valence-corrected chi connectivity index (χ1v) is 8.71. The molecule has 0 aliphatic heterocycles. The number of amides is 1. The van der Waals surface area contributed by atoms with Crippen LogP contribution in [-0.4, -0.2) is 12.3 Å². The number of rotatable bonds is 5. The lowest BCUT2D eigenvalue weighted by Crippen LogP contribution is -2.17. The predicted molar refractivity (Wildman–Crippen MR) is 101 cm³/mol. The van der Waals surface area contributed by atoms with E-state index in [1.807, 2.05) is 42.5 Å². The van der Waals surface area contributed by atoms with E-state index in [0.717, 1.165) is 27.5 Å². The summed E-state index contributed by atoms with van der Waals surface area (Å²) in [6.45, 7) is 0. The normalized spacial score (nSPS) is 11.5. The largest absolute Gasteiger partial charge is 0.573 e. The first-order valence-electron chi connectivity index (χ1n) is 7.89. The Kier molecular flexibility index (Phi) is 5.61. The number of benzene rings is 2. The van der Waals surface area contributed by atoms with Gasteiger partial charge in [-0.2, -0.15) is 0 Å². The molecule has 0 bridgehead atoms. The van der Waals surface area contributed by atoms with Gasteiger partial charge < -0.3 is 10.1 Å². The molecule has 138 valence electrons. The Morgan fingerprint density at radius 2 is 1.67 bits per heavy atom. The van der Waals surface area contributed by atoms with Gasteiger partial charge in [-0.25, -0.2) is 0 Å². The highest BCUT2D eigenvalue weighted by Crippen LogP contribution is 2.28. The molecule has 3 nitrogen and oxygen atoms in total.